The van der Waals surface area contributed by atoms with Crippen molar-refractivity contribution < 1.29 is 14.1 Å². The maximum absolute atomic E-state index is 12.4. The molecule has 1 aromatic carbocycles. The number of urea groups is 1. The molecule has 1 saturated heterocycles. The van der Waals surface area contributed by atoms with Crippen LogP contribution in [0.15, 0.2) is 34.9 Å². The first-order valence-corrected chi connectivity index (χ1v) is 7.48. The maximum Gasteiger partial charge on any atom is 0.322 e. The Morgan fingerprint density at radius 3 is 2.78 bits per heavy atom. The molecule has 2 N–H and O–H groups in total. The molecule has 7 nitrogen and oxygen atoms in total. The van der Waals surface area contributed by atoms with Gasteiger partial charge in [-0.15, -0.1) is 0 Å². The van der Waals surface area contributed by atoms with E-state index < -0.39 is 12.1 Å². The van der Waals surface area contributed by atoms with E-state index in [0.29, 0.717) is 23.7 Å². The summed E-state index contributed by atoms with van der Waals surface area (Å²) >= 11 is 5.85. The number of nitrogens with one attached hydrogen (secondary N) is 2. The molecule has 0 saturated carbocycles. The van der Waals surface area contributed by atoms with Crippen molar-refractivity contribution in [3.05, 3.63) is 41.0 Å². The van der Waals surface area contributed by atoms with E-state index in [2.05, 4.69) is 15.8 Å². The molecule has 0 bridgehead atoms. The monoisotopic (exact) mass is 334 g/mol. The number of benzene rings is 1. The van der Waals surface area contributed by atoms with Crippen LogP contribution in [0.3, 0.4) is 0 Å². The zero-order valence-electron chi connectivity index (χ0n) is 12.4. The molecule has 1 aliphatic heterocycles. The highest BCUT2D eigenvalue weighted by Gasteiger charge is 2.33. The second-order valence-corrected chi connectivity index (χ2v) is 5.67. The van der Waals surface area contributed by atoms with Crippen molar-refractivity contribution in [2.45, 2.75) is 19.4 Å². The van der Waals surface area contributed by atoms with Crippen molar-refractivity contribution in [3.8, 4) is 0 Å². The number of carbonyl (C=O) groups excluding carboxylic acids is 2. The number of aromatic nitrogens is 1. The van der Waals surface area contributed by atoms with Crippen LogP contribution in [-0.2, 0) is 4.79 Å². The first kappa shape index (κ1) is 15.4. The number of nitrogens with zero attached hydrogens (tertiary/aromatic N) is 2. The lowest BCUT2D eigenvalue weighted by atomic mass is 10.2. The first-order valence-electron chi connectivity index (χ1n) is 7.11. The van der Waals surface area contributed by atoms with Crippen molar-refractivity contribution in [3.63, 3.8) is 0 Å². The molecule has 2 heterocycles. The smallest absolute Gasteiger partial charge is 0.322 e. The Labute approximate surface area is 137 Å². The van der Waals surface area contributed by atoms with Gasteiger partial charge in [-0.1, -0.05) is 16.8 Å². The molecule has 0 spiro atoms. The Morgan fingerprint density at radius 1 is 1.39 bits per heavy atom. The van der Waals surface area contributed by atoms with Gasteiger partial charge in [-0.05, 0) is 37.6 Å². The molecule has 23 heavy (non-hydrogen) atoms. The minimum atomic E-state index is -0.574. The summed E-state index contributed by atoms with van der Waals surface area (Å²) in [4.78, 5) is 25.9. The molecule has 1 unspecified atom stereocenters. The number of hydrogen-bond acceptors (Lipinski definition) is 4. The van der Waals surface area contributed by atoms with Crippen molar-refractivity contribution in [2.24, 2.45) is 0 Å². The lowest BCUT2D eigenvalue weighted by Crippen LogP contribution is -2.43. The molecule has 3 rings (SSSR count). The SMILES string of the molecule is Cc1cc(NC(=O)NC2CCN(c3ccc(Cl)cc3)C2=O)on1. The Bertz CT molecular complexity index is 729. The minimum Gasteiger partial charge on any atom is -0.338 e. The van der Waals surface area contributed by atoms with Crippen LogP contribution in [0.1, 0.15) is 12.1 Å². The van der Waals surface area contributed by atoms with Gasteiger partial charge in [0.05, 0.1) is 5.69 Å². The van der Waals surface area contributed by atoms with Crippen LogP contribution in [0, 0.1) is 6.92 Å². The number of amides is 3. The van der Waals surface area contributed by atoms with Gasteiger partial charge in [0, 0.05) is 23.3 Å². The van der Waals surface area contributed by atoms with Gasteiger partial charge in [-0.3, -0.25) is 10.1 Å². The molecule has 1 aromatic heterocycles. The molecular formula is C15H15ClN4O3. The highest BCUT2D eigenvalue weighted by molar-refractivity contribution is 6.30. The Morgan fingerprint density at radius 2 is 2.13 bits per heavy atom. The molecule has 1 fully saturated rings. The van der Waals surface area contributed by atoms with Gasteiger partial charge >= 0.3 is 6.03 Å². The molecular weight excluding hydrogens is 320 g/mol. The highest BCUT2D eigenvalue weighted by Crippen LogP contribution is 2.23. The van der Waals surface area contributed by atoms with Gasteiger partial charge in [0.2, 0.25) is 11.8 Å². The lowest BCUT2D eigenvalue weighted by Gasteiger charge is -2.17. The largest absolute Gasteiger partial charge is 0.338 e. The molecule has 120 valence electrons. The van der Waals surface area contributed by atoms with Gasteiger partial charge in [-0.25, -0.2) is 4.79 Å². The summed E-state index contributed by atoms with van der Waals surface area (Å²) < 4.78 is 4.90. The van der Waals surface area contributed by atoms with Crippen molar-refractivity contribution in [1.29, 1.82) is 0 Å². The number of aryl methyl sites for hydroxylation is 1. The van der Waals surface area contributed by atoms with E-state index in [-0.39, 0.29) is 11.8 Å². The Hall–Kier alpha value is -2.54. The van der Waals surface area contributed by atoms with E-state index in [4.69, 9.17) is 16.1 Å². The number of hydrogen-bond donors (Lipinski definition) is 2. The van der Waals surface area contributed by atoms with Crippen LogP contribution < -0.4 is 15.5 Å². The van der Waals surface area contributed by atoms with E-state index in [9.17, 15) is 9.59 Å². The summed E-state index contributed by atoms with van der Waals surface area (Å²) in [5.41, 5.74) is 1.42. The second kappa shape index (κ2) is 6.29. The van der Waals surface area contributed by atoms with Gasteiger partial charge < -0.3 is 14.7 Å². The Kier molecular flexibility index (Phi) is 4.20. The molecule has 0 radical (unpaired) electrons. The predicted octanol–water partition coefficient (Wildman–Crippen LogP) is 2.56. The van der Waals surface area contributed by atoms with E-state index >= 15 is 0 Å². The normalized spacial score (nSPS) is 17.4. The van der Waals surface area contributed by atoms with E-state index in [1.807, 2.05) is 0 Å². The fraction of sp³-hybridized carbons (Fsp3) is 0.267. The average molecular weight is 335 g/mol. The molecule has 2 aromatic rings. The fourth-order valence-electron chi connectivity index (χ4n) is 2.42. The first-order chi connectivity index (χ1) is 11.0. The summed E-state index contributed by atoms with van der Waals surface area (Å²) in [6.45, 7) is 2.28. The third-order valence-corrected chi connectivity index (χ3v) is 3.77. The van der Waals surface area contributed by atoms with E-state index in [0.717, 1.165) is 5.69 Å². The maximum atomic E-state index is 12.4. The average Bonchev–Trinajstić information content (AvgIpc) is 3.07. The fourth-order valence-corrected chi connectivity index (χ4v) is 2.55. The van der Waals surface area contributed by atoms with Gasteiger partial charge in [0.25, 0.3) is 0 Å². The summed E-state index contributed by atoms with van der Waals surface area (Å²) in [6.07, 6.45) is 0.532. The molecule has 3 amide bonds. The second-order valence-electron chi connectivity index (χ2n) is 5.24. The van der Waals surface area contributed by atoms with Crippen LogP contribution in [-0.4, -0.2) is 29.7 Å². The number of rotatable bonds is 3. The predicted molar refractivity (Wildman–Crippen MR) is 85.6 cm³/mol. The third kappa shape index (κ3) is 3.45. The minimum absolute atomic E-state index is 0.156. The molecule has 1 atom stereocenters. The van der Waals surface area contributed by atoms with Gasteiger partial charge in [0.15, 0.2) is 0 Å². The topological polar surface area (TPSA) is 87.5 Å². The lowest BCUT2D eigenvalue weighted by molar-refractivity contribution is -0.118. The van der Waals surface area contributed by atoms with Crippen LogP contribution in [0.2, 0.25) is 5.02 Å². The molecule has 1 aliphatic rings. The summed E-state index contributed by atoms with van der Waals surface area (Å²) in [6, 6.07) is 7.52. The summed E-state index contributed by atoms with van der Waals surface area (Å²) in [5.74, 6) is 0.0798. The number of carbonyl (C=O) groups is 2. The Balaban J connectivity index is 1.60. The molecule has 8 heteroatoms. The van der Waals surface area contributed by atoms with Crippen LogP contribution >= 0.6 is 11.6 Å². The standard InChI is InChI=1S/C15H15ClN4O3/c1-9-8-13(23-19-9)18-15(22)17-12-6-7-20(14(12)21)11-4-2-10(16)3-5-11/h2-5,8,12H,6-7H2,1H3,(H2,17,18,22). The van der Waals surface area contributed by atoms with Gasteiger partial charge in [0.1, 0.15) is 6.04 Å². The van der Waals surface area contributed by atoms with Crippen molar-refractivity contribution in [2.75, 3.05) is 16.8 Å². The van der Waals surface area contributed by atoms with Crippen LogP contribution in [0.25, 0.3) is 0 Å². The zero-order chi connectivity index (χ0) is 16.4. The van der Waals surface area contributed by atoms with Crippen LogP contribution in [0.4, 0.5) is 16.4 Å². The van der Waals surface area contributed by atoms with Crippen molar-refractivity contribution in [1.82, 2.24) is 10.5 Å². The van der Waals surface area contributed by atoms with Crippen molar-refractivity contribution >= 4 is 35.1 Å². The third-order valence-electron chi connectivity index (χ3n) is 3.51. The van der Waals surface area contributed by atoms with E-state index in [1.54, 1.807) is 42.2 Å². The highest BCUT2D eigenvalue weighted by atomic mass is 35.5. The summed E-state index contributed by atoms with van der Waals surface area (Å²) in [7, 11) is 0. The number of halogens is 1. The van der Waals surface area contributed by atoms with Gasteiger partial charge in [-0.2, -0.15) is 0 Å². The number of anilines is 2. The summed E-state index contributed by atoms with van der Waals surface area (Å²) in [5, 5.41) is 9.43. The van der Waals surface area contributed by atoms with Crippen LogP contribution in [0.5, 0.6) is 0 Å². The quantitative estimate of drug-likeness (QED) is 0.903. The zero-order valence-corrected chi connectivity index (χ0v) is 13.1. The molecule has 0 aliphatic carbocycles. The van der Waals surface area contributed by atoms with E-state index in [1.165, 1.54) is 0 Å².